The molecule has 8 heteroatoms. The van der Waals surface area contributed by atoms with E-state index in [0.29, 0.717) is 22.6 Å². The van der Waals surface area contributed by atoms with Crippen molar-refractivity contribution < 1.29 is 18.4 Å². The Bertz CT molecular complexity index is 1390. The number of carbonyl (C=O) groups is 1. The minimum absolute atomic E-state index is 0.158. The number of benzene rings is 2. The van der Waals surface area contributed by atoms with Gasteiger partial charge in [0.15, 0.2) is 0 Å². The Morgan fingerprint density at radius 1 is 0.969 bits per heavy atom. The van der Waals surface area contributed by atoms with E-state index < -0.39 is 5.97 Å². The number of methoxy groups -OCH3 is 1. The van der Waals surface area contributed by atoms with Gasteiger partial charge in [0.1, 0.15) is 5.76 Å². The van der Waals surface area contributed by atoms with Crippen LogP contribution in [0.3, 0.4) is 0 Å². The molecule has 3 heterocycles. The summed E-state index contributed by atoms with van der Waals surface area (Å²) in [6.07, 6.45) is 0. The quantitative estimate of drug-likeness (QED) is 0.247. The van der Waals surface area contributed by atoms with Gasteiger partial charge < -0.3 is 13.6 Å². The first-order valence-corrected chi connectivity index (χ1v) is 10.8. The first-order chi connectivity index (χ1) is 15.7. The van der Waals surface area contributed by atoms with Gasteiger partial charge in [-0.1, -0.05) is 60.3 Å². The molecule has 2 aromatic carbocycles. The Labute approximate surface area is 187 Å². The van der Waals surface area contributed by atoms with Crippen LogP contribution in [0.15, 0.2) is 86.9 Å². The average Bonchev–Trinajstić information content (AvgIpc) is 3.52. The van der Waals surface area contributed by atoms with Crippen LogP contribution < -0.4 is 0 Å². The molecule has 3 aromatic heterocycles. The van der Waals surface area contributed by atoms with Gasteiger partial charge in [-0.25, -0.2) is 9.78 Å². The molecule has 32 heavy (non-hydrogen) atoms. The number of para-hydroxylation sites is 1. The molecule has 0 aliphatic carbocycles. The zero-order chi connectivity index (χ0) is 21.9. The fraction of sp³-hybridized carbons (Fsp3) is 0.0833. The predicted octanol–water partition coefficient (Wildman–Crippen LogP) is 5.62. The van der Waals surface area contributed by atoms with Crippen molar-refractivity contribution in [3.63, 3.8) is 0 Å². The van der Waals surface area contributed by atoms with E-state index in [9.17, 15) is 4.79 Å². The smallest absolute Gasteiger partial charge is 0.373 e. The topological polar surface area (TPSA) is 91.2 Å². The molecule has 0 spiro atoms. The van der Waals surface area contributed by atoms with Gasteiger partial charge >= 0.3 is 5.97 Å². The van der Waals surface area contributed by atoms with Crippen LogP contribution in [0.4, 0.5) is 0 Å². The first-order valence-electron chi connectivity index (χ1n) is 9.80. The van der Waals surface area contributed by atoms with Crippen LogP contribution in [0.5, 0.6) is 0 Å². The molecule has 0 atom stereocenters. The molecule has 0 aliphatic heterocycles. The lowest BCUT2D eigenvalue weighted by Crippen LogP contribution is -1.98. The van der Waals surface area contributed by atoms with Crippen molar-refractivity contribution in [2.24, 2.45) is 0 Å². The van der Waals surface area contributed by atoms with Gasteiger partial charge in [0.25, 0.3) is 5.22 Å². The molecule has 0 saturated heterocycles. The van der Waals surface area contributed by atoms with Gasteiger partial charge in [-0.15, -0.1) is 10.2 Å². The monoisotopic (exact) mass is 443 g/mol. The van der Waals surface area contributed by atoms with E-state index in [4.69, 9.17) is 13.8 Å². The number of furan rings is 1. The van der Waals surface area contributed by atoms with Crippen molar-refractivity contribution in [3.8, 4) is 22.7 Å². The number of rotatable bonds is 6. The predicted molar refractivity (Wildman–Crippen MR) is 120 cm³/mol. The lowest BCUT2D eigenvalue weighted by Gasteiger charge is -2.07. The molecular formula is C24H17N3O4S. The normalized spacial score (nSPS) is 11.0. The highest BCUT2D eigenvalue weighted by molar-refractivity contribution is 7.98. The first kappa shape index (κ1) is 20.0. The van der Waals surface area contributed by atoms with Crippen molar-refractivity contribution in [2.45, 2.75) is 11.0 Å². The van der Waals surface area contributed by atoms with Gasteiger partial charge in [0.2, 0.25) is 11.7 Å². The molecule has 0 unspecified atom stereocenters. The van der Waals surface area contributed by atoms with Crippen molar-refractivity contribution >= 4 is 28.6 Å². The second-order valence-corrected chi connectivity index (χ2v) is 7.78. The Kier molecular flexibility index (Phi) is 5.43. The molecule has 0 bridgehead atoms. The molecule has 0 amide bonds. The molecule has 0 radical (unpaired) electrons. The van der Waals surface area contributed by atoms with E-state index in [1.165, 1.54) is 18.9 Å². The van der Waals surface area contributed by atoms with Crippen molar-refractivity contribution in [3.05, 3.63) is 84.3 Å². The molecule has 7 nitrogen and oxygen atoms in total. The van der Waals surface area contributed by atoms with Gasteiger partial charge in [-0.05, 0) is 24.3 Å². The maximum atomic E-state index is 11.5. The zero-order valence-electron chi connectivity index (χ0n) is 17.0. The maximum Gasteiger partial charge on any atom is 0.373 e. The van der Waals surface area contributed by atoms with E-state index in [0.717, 1.165) is 27.7 Å². The van der Waals surface area contributed by atoms with Crippen molar-refractivity contribution in [1.82, 2.24) is 15.2 Å². The van der Waals surface area contributed by atoms with Crippen LogP contribution in [-0.4, -0.2) is 28.3 Å². The summed E-state index contributed by atoms with van der Waals surface area (Å²) in [4.78, 5) is 16.3. The van der Waals surface area contributed by atoms with E-state index in [2.05, 4.69) is 14.9 Å². The minimum atomic E-state index is -0.514. The summed E-state index contributed by atoms with van der Waals surface area (Å²) in [5.74, 6) is 1.10. The summed E-state index contributed by atoms with van der Waals surface area (Å²) in [7, 11) is 1.31. The fourth-order valence-electron chi connectivity index (χ4n) is 3.28. The lowest BCUT2D eigenvalue weighted by molar-refractivity contribution is 0.0563. The molecular weight excluding hydrogens is 426 g/mol. The highest BCUT2D eigenvalue weighted by Gasteiger charge is 2.16. The standard InChI is InChI=1S/C24H17N3O4S/c1-29-23(28)21-12-11-16(30-21)14-32-24-27-26-22(31-24)18-13-20(15-7-3-2-4-8-15)25-19-10-6-5-9-17(18)19/h2-13H,14H2,1H3. The number of esters is 1. The van der Waals surface area contributed by atoms with Gasteiger partial charge in [0.05, 0.1) is 29.6 Å². The summed E-state index contributed by atoms with van der Waals surface area (Å²) in [6.45, 7) is 0. The average molecular weight is 443 g/mol. The Hall–Kier alpha value is -3.91. The van der Waals surface area contributed by atoms with Gasteiger partial charge in [0, 0.05) is 10.9 Å². The molecule has 0 aliphatic rings. The lowest BCUT2D eigenvalue weighted by atomic mass is 10.0. The third kappa shape index (κ3) is 4.00. The van der Waals surface area contributed by atoms with Crippen molar-refractivity contribution in [2.75, 3.05) is 7.11 Å². The number of fused-ring (bicyclic) bond motifs is 1. The summed E-state index contributed by atoms with van der Waals surface area (Å²) in [5.41, 5.74) is 3.51. The molecule has 158 valence electrons. The zero-order valence-corrected chi connectivity index (χ0v) is 17.8. The second kappa shape index (κ2) is 8.68. The van der Waals surface area contributed by atoms with Gasteiger partial charge in [-0.2, -0.15) is 0 Å². The number of hydrogen-bond donors (Lipinski definition) is 0. The molecule has 5 aromatic rings. The van der Waals surface area contributed by atoms with Crippen LogP contribution in [0.2, 0.25) is 0 Å². The van der Waals surface area contributed by atoms with E-state index in [1.54, 1.807) is 12.1 Å². The minimum Gasteiger partial charge on any atom is -0.463 e. The summed E-state index contributed by atoms with van der Waals surface area (Å²) in [5, 5.41) is 9.76. The summed E-state index contributed by atoms with van der Waals surface area (Å²) in [6, 6.07) is 23.1. The highest BCUT2D eigenvalue weighted by atomic mass is 32.2. The van der Waals surface area contributed by atoms with E-state index in [-0.39, 0.29) is 5.76 Å². The highest BCUT2D eigenvalue weighted by Crippen LogP contribution is 2.33. The number of nitrogens with zero attached hydrogens (tertiary/aromatic N) is 3. The van der Waals surface area contributed by atoms with Crippen LogP contribution in [0.25, 0.3) is 33.6 Å². The number of ether oxygens (including phenoxy) is 1. The van der Waals surface area contributed by atoms with Crippen LogP contribution in [0.1, 0.15) is 16.3 Å². The molecule has 0 N–H and O–H groups in total. The SMILES string of the molecule is COC(=O)c1ccc(CSc2nnc(-c3cc(-c4ccccc4)nc4ccccc34)o2)o1. The van der Waals surface area contributed by atoms with E-state index in [1.807, 2.05) is 60.7 Å². The molecule has 0 fully saturated rings. The molecule has 5 rings (SSSR count). The fourth-order valence-corrected chi connectivity index (χ4v) is 3.94. The van der Waals surface area contributed by atoms with Crippen molar-refractivity contribution in [1.29, 1.82) is 0 Å². The van der Waals surface area contributed by atoms with Crippen LogP contribution >= 0.6 is 11.8 Å². The Morgan fingerprint density at radius 2 is 1.78 bits per heavy atom. The van der Waals surface area contributed by atoms with E-state index >= 15 is 0 Å². The van der Waals surface area contributed by atoms with Crippen LogP contribution in [0, 0.1) is 0 Å². The number of carbonyl (C=O) groups excluding carboxylic acids is 1. The number of thioether (sulfide) groups is 1. The number of aromatic nitrogens is 3. The number of hydrogen-bond acceptors (Lipinski definition) is 8. The summed E-state index contributed by atoms with van der Waals surface area (Å²) >= 11 is 1.33. The largest absolute Gasteiger partial charge is 0.463 e. The second-order valence-electron chi connectivity index (χ2n) is 6.86. The maximum absolute atomic E-state index is 11.5. The summed E-state index contributed by atoms with van der Waals surface area (Å²) < 4.78 is 16.1. The third-order valence-corrected chi connectivity index (χ3v) is 5.65. The molecule has 0 saturated carbocycles. The van der Waals surface area contributed by atoms with Gasteiger partial charge in [-0.3, -0.25) is 0 Å². The Morgan fingerprint density at radius 3 is 2.62 bits per heavy atom. The third-order valence-electron chi connectivity index (χ3n) is 4.81. The Balaban J connectivity index is 1.44. The number of pyridine rings is 1. The van der Waals surface area contributed by atoms with Crippen LogP contribution in [-0.2, 0) is 10.5 Å².